The van der Waals surface area contributed by atoms with E-state index >= 15 is 0 Å². The van der Waals surface area contributed by atoms with Crippen LogP contribution >= 0.6 is 11.8 Å². The molecule has 0 aliphatic carbocycles. The molecule has 0 spiro atoms. The fourth-order valence-corrected chi connectivity index (χ4v) is 2.40. The fraction of sp³-hybridized carbons (Fsp3) is 0.176. The Balaban J connectivity index is 1.97. The topological polar surface area (TPSA) is 62.1 Å². The van der Waals surface area contributed by atoms with Gasteiger partial charge in [-0.3, -0.25) is 4.79 Å². The Labute approximate surface area is 134 Å². The molecule has 0 aliphatic heterocycles. The van der Waals surface area contributed by atoms with Crippen LogP contribution in [0.2, 0.25) is 0 Å². The number of thioether (sulfide) groups is 1. The average molecular weight is 312 g/mol. The Morgan fingerprint density at radius 1 is 1.18 bits per heavy atom. The maximum Gasteiger partial charge on any atom is 0.255 e. The first-order valence-electron chi connectivity index (χ1n) is 6.72. The summed E-state index contributed by atoms with van der Waals surface area (Å²) in [6.45, 7) is 0.00804. The van der Waals surface area contributed by atoms with Crippen LogP contribution in [0.25, 0.3) is 0 Å². The van der Waals surface area contributed by atoms with Gasteiger partial charge in [0.25, 0.3) is 5.91 Å². The van der Waals surface area contributed by atoms with Crippen LogP contribution in [0.1, 0.15) is 15.9 Å². The highest BCUT2D eigenvalue weighted by Crippen LogP contribution is 2.17. The summed E-state index contributed by atoms with van der Waals surface area (Å²) in [4.78, 5) is 12.1. The van der Waals surface area contributed by atoms with Gasteiger partial charge in [0.05, 0.1) is 0 Å². The van der Waals surface area contributed by atoms with E-state index in [0.717, 1.165) is 5.75 Å². The van der Waals surface area contributed by atoms with E-state index in [0.29, 0.717) is 17.0 Å². The molecule has 2 aromatic carbocycles. The maximum absolute atomic E-state index is 12.1. The molecule has 0 saturated carbocycles. The molecule has 1 amide bonds. The van der Waals surface area contributed by atoms with E-state index in [1.807, 2.05) is 36.6 Å². The molecule has 0 saturated heterocycles. The van der Waals surface area contributed by atoms with Crippen LogP contribution in [0, 0.1) is 11.3 Å². The standard InChI is InChI=1S/C17H16N2O2S/c1-22-12-13-2-4-14(5-3-13)17(20)19-15-6-8-16(9-7-15)21-11-10-18/h2-9H,11-12H2,1H3,(H,19,20). The van der Waals surface area contributed by atoms with Crippen molar-refractivity contribution in [2.75, 3.05) is 18.2 Å². The summed E-state index contributed by atoms with van der Waals surface area (Å²) in [7, 11) is 0. The number of carbonyl (C=O) groups is 1. The highest BCUT2D eigenvalue weighted by atomic mass is 32.2. The summed E-state index contributed by atoms with van der Waals surface area (Å²) in [5, 5.41) is 11.3. The summed E-state index contributed by atoms with van der Waals surface area (Å²) in [6.07, 6.45) is 2.05. The van der Waals surface area contributed by atoms with Crippen molar-refractivity contribution >= 4 is 23.4 Å². The normalized spacial score (nSPS) is 9.82. The third-order valence-corrected chi connectivity index (χ3v) is 3.56. The zero-order valence-corrected chi connectivity index (χ0v) is 13.0. The summed E-state index contributed by atoms with van der Waals surface area (Å²) in [6, 6.07) is 16.4. The van der Waals surface area contributed by atoms with E-state index in [-0.39, 0.29) is 12.5 Å². The molecule has 2 rings (SSSR count). The minimum absolute atomic E-state index is 0.00804. The molecular formula is C17H16N2O2S. The van der Waals surface area contributed by atoms with Crippen molar-refractivity contribution in [3.63, 3.8) is 0 Å². The molecule has 112 valence electrons. The molecule has 0 bridgehead atoms. The Hall–Kier alpha value is -2.45. The van der Waals surface area contributed by atoms with Crippen molar-refractivity contribution < 1.29 is 9.53 Å². The number of carbonyl (C=O) groups excluding carboxylic acids is 1. The largest absolute Gasteiger partial charge is 0.479 e. The molecule has 2 aromatic rings. The van der Waals surface area contributed by atoms with Crippen molar-refractivity contribution in [1.29, 1.82) is 5.26 Å². The van der Waals surface area contributed by atoms with E-state index in [1.165, 1.54) is 5.56 Å². The number of nitriles is 1. The third-order valence-electron chi connectivity index (χ3n) is 2.94. The molecule has 0 fully saturated rings. The zero-order chi connectivity index (χ0) is 15.8. The lowest BCUT2D eigenvalue weighted by atomic mass is 10.1. The van der Waals surface area contributed by atoms with Crippen molar-refractivity contribution in [3.8, 4) is 11.8 Å². The maximum atomic E-state index is 12.1. The summed E-state index contributed by atoms with van der Waals surface area (Å²) < 4.78 is 5.16. The lowest BCUT2D eigenvalue weighted by Crippen LogP contribution is -2.11. The number of nitrogens with zero attached hydrogens (tertiary/aromatic N) is 1. The van der Waals surface area contributed by atoms with Gasteiger partial charge in [0.2, 0.25) is 0 Å². The van der Waals surface area contributed by atoms with Gasteiger partial charge in [-0.1, -0.05) is 12.1 Å². The number of benzene rings is 2. The number of rotatable bonds is 6. The van der Waals surface area contributed by atoms with Gasteiger partial charge in [0.1, 0.15) is 11.8 Å². The molecule has 0 atom stereocenters. The molecule has 0 aromatic heterocycles. The molecule has 0 aliphatic rings. The molecule has 5 heteroatoms. The highest BCUT2D eigenvalue weighted by Gasteiger charge is 2.06. The number of nitrogens with one attached hydrogen (secondary N) is 1. The number of anilines is 1. The van der Waals surface area contributed by atoms with Crippen molar-refractivity contribution in [2.45, 2.75) is 5.75 Å². The SMILES string of the molecule is CSCc1ccc(C(=O)Nc2ccc(OCC#N)cc2)cc1. The van der Waals surface area contributed by atoms with Gasteiger partial charge in [0, 0.05) is 17.0 Å². The van der Waals surface area contributed by atoms with Gasteiger partial charge in [-0.2, -0.15) is 17.0 Å². The third kappa shape index (κ3) is 4.54. The fourth-order valence-electron chi connectivity index (χ4n) is 1.87. The molecule has 1 N–H and O–H groups in total. The monoisotopic (exact) mass is 312 g/mol. The minimum atomic E-state index is -0.151. The van der Waals surface area contributed by atoms with Crippen LogP contribution in [-0.2, 0) is 5.75 Å². The lowest BCUT2D eigenvalue weighted by Gasteiger charge is -2.07. The summed E-state index contributed by atoms with van der Waals surface area (Å²) in [5.41, 5.74) is 2.50. The van der Waals surface area contributed by atoms with E-state index < -0.39 is 0 Å². The van der Waals surface area contributed by atoms with E-state index in [4.69, 9.17) is 10.00 Å². The van der Waals surface area contributed by atoms with Gasteiger partial charge >= 0.3 is 0 Å². The van der Waals surface area contributed by atoms with Crippen LogP contribution < -0.4 is 10.1 Å². The Morgan fingerprint density at radius 3 is 2.45 bits per heavy atom. The zero-order valence-electron chi connectivity index (χ0n) is 12.2. The Morgan fingerprint density at radius 2 is 1.86 bits per heavy atom. The number of hydrogen-bond donors (Lipinski definition) is 1. The quantitative estimate of drug-likeness (QED) is 0.883. The average Bonchev–Trinajstić information content (AvgIpc) is 2.55. The van der Waals surface area contributed by atoms with E-state index in [2.05, 4.69) is 5.32 Å². The predicted octanol–water partition coefficient (Wildman–Crippen LogP) is 3.70. The number of ether oxygens (including phenoxy) is 1. The van der Waals surface area contributed by atoms with Crippen LogP contribution in [-0.4, -0.2) is 18.8 Å². The van der Waals surface area contributed by atoms with Gasteiger partial charge in [-0.25, -0.2) is 0 Å². The molecule has 0 heterocycles. The van der Waals surface area contributed by atoms with Crippen LogP contribution in [0.5, 0.6) is 5.75 Å². The smallest absolute Gasteiger partial charge is 0.255 e. The first-order chi connectivity index (χ1) is 10.7. The van der Waals surface area contributed by atoms with Gasteiger partial charge in [-0.05, 0) is 48.2 Å². The molecule has 22 heavy (non-hydrogen) atoms. The molecule has 0 radical (unpaired) electrons. The highest BCUT2D eigenvalue weighted by molar-refractivity contribution is 7.97. The van der Waals surface area contributed by atoms with E-state index in [1.54, 1.807) is 36.0 Å². The summed E-state index contributed by atoms with van der Waals surface area (Å²) >= 11 is 1.75. The first-order valence-corrected chi connectivity index (χ1v) is 8.11. The van der Waals surface area contributed by atoms with Crippen LogP contribution in [0.15, 0.2) is 48.5 Å². The van der Waals surface area contributed by atoms with Crippen molar-refractivity contribution in [1.82, 2.24) is 0 Å². The first kappa shape index (κ1) is 15.9. The van der Waals surface area contributed by atoms with Crippen molar-refractivity contribution in [2.24, 2.45) is 0 Å². The lowest BCUT2D eigenvalue weighted by molar-refractivity contribution is 0.102. The van der Waals surface area contributed by atoms with Crippen LogP contribution in [0.4, 0.5) is 5.69 Å². The molecule has 0 unspecified atom stereocenters. The Kier molecular flexibility index (Phi) is 5.87. The molecular weight excluding hydrogens is 296 g/mol. The second-order valence-corrected chi connectivity index (χ2v) is 5.42. The summed E-state index contributed by atoms with van der Waals surface area (Å²) in [5.74, 6) is 1.38. The van der Waals surface area contributed by atoms with Crippen LogP contribution in [0.3, 0.4) is 0 Å². The van der Waals surface area contributed by atoms with Gasteiger partial charge in [-0.15, -0.1) is 0 Å². The molecule has 4 nitrogen and oxygen atoms in total. The number of amides is 1. The Bertz CT molecular complexity index is 661. The predicted molar refractivity (Wildman–Crippen MR) is 89.2 cm³/mol. The second kappa shape index (κ2) is 8.11. The van der Waals surface area contributed by atoms with Gasteiger partial charge < -0.3 is 10.1 Å². The van der Waals surface area contributed by atoms with Crippen molar-refractivity contribution in [3.05, 3.63) is 59.7 Å². The minimum Gasteiger partial charge on any atom is -0.479 e. The second-order valence-electron chi connectivity index (χ2n) is 4.56. The van der Waals surface area contributed by atoms with Gasteiger partial charge in [0.15, 0.2) is 6.61 Å². The van der Waals surface area contributed by atoms with E-state index in [9.17, 15) is 4.79 Å². The number of hydrogen-bond acceptors (Lipinski definition) is 4.